The van der Waals surface area contributed by atoms with E-state index in [-0.39, 0.29) is 12.0 Å². The van der Waals surface area contributed by atoms with E-state index in [9.17, 15) is 9.90 Å². The largest absolute Gasteiger partial charge is 0.444 e. The minimum atomic E-state index is -0.503. The van der Waals surface area contributed by atoms with Crippen LogP contribution in [-0.4, -0.2) is 40.9 Å². The molecule has 0 aromatic carbocycles. The van der Waals surface area contributed by atoms with Gasteiger partial charge >= 0.3 is 6.09 Å². The first kappa shape index (κ1) is 15.8. The summed E-state index contributed by atoms with van der Waals surface area (Å²) in [7, 11) is 0. The molecule has 1 amide bonds. The van der Waals surface area contributed by atoms with Crippen LogP contribution in [-0.2, 0) is 11.2 Å². The summed E-state index contributed by atoms with van der Waals surface area (Å²) < 4.78 is 6.44. The average Bonchev–Trinajstić information content (AvgIpc) is 2.86. The van der Waals surface area contributed by atoms with E-state index >= 15 is 0 Å². The molecular formula is C14H20BrNO3S. The SMILES string of the molecule is CC(C)(C)OC(=O)N1CC(O)C(Cc2ccsc2Br)C1. The standard InChI is InChI=1S/C14H20BrNO3S/c1-14(2,3)19-13(18)16-7-10(11(17)8-16)6-9-4-5-20-12(9)15/h4-5,10-11,17H,6-8H2,1-3H3. The van der Waals surface area contributed by atoms with E-state index in [2.05, 4.69) is 22.0 Å². The number of nitrogens with zero attached hydrogens (tertiary/aromatic N) is 1. The van der Waals surface area contributed by atoms with Crippen molar-refractivity contribution in [2.24, 2.45) is 5.92 Å². The molecule has 112 valence electrons. The lowest BCUT2D eigenvalue weighted by Gasteiger charge is -2.24. The fraction of sp³-hybridized carbons (Fsp3) is 0.643. The zero-order valence-corrected chi connectivity index (χ0v) is 14.3. The molecule has 1 fully saturated rings. The fourth-order valence-corrected chi connectivity index (χ4v) is 3.55. The Morgan fingerprint density at radius 2 is 2.25 bits per heavy atom. The number of aliphatic hydroxyl groups is 1. The molecule has 20 heavy (non-hydrogen) atoms. The maximum atomic E-state index is 12.0. The smallest absolute Gasteiger partial charge is 0.410 e. The van der Waals surface area contributed by atoms with Gasteiger partial charge in [-0.2, -0.15) is 0 Å². The molecule has 1 aromatic rings. The normalized spacial score (nSPS) is 23.1. The molecule has 1 aliphatic rings. The van der Waals surface area contributed by atoms with E-state index in [0.717, 1.165) is 10.2 Å². The Balaban J connectivity index is 1.95. The second kappa shape index (κ2) is 6.03. The third kappa shape index (κ3) is 3.96. The third-order valence-electron chi connectivity index (χ3n) is 3.23. The third-order valence-corrected chi connectivity index (χ3v) is 5.04. The second-order valence-electron chi connectivity index (χ2n) is 6.14. The Morgan fingerprint density at radius 3 is 2.80 bits per heavy atom. The molecule has 2 unspecified atom stereocenters. The van der Waals surface area contributed by atoms with Crippen LogP contribution in [0.5, 0.6) is 0 Å². The highest BCUT2D eigenvalue weighted by atomic mass is 79.9. The number of thiophene rings is 1. The van der Waals surface area contributed by atoms with Crippen LogP contribution in [0.15, 0.2) is 15.2 Å². The highest BCUT2D eigenvalue weighted by molar-refractivity contribution is 9.11. The molecule has 0 bridgehead atoms. The van der Waals surface area contributed by atoms with E-state index in [1.54, 1.807) is 16.2 Å². The van der Waals surface area contributed by atoms with Crippen LogP contribution >= 0.6 is 27.3 Å². The summed E-state index contributed by atoms with van der Waals surface area (Å²) in [5.74, 6) is 0.0634. The van der Waals surface area contributed by atoms with Crippen molar-refractivity contribution in [2.75, 3.05) is 13.1 Å². The van der Waals surface area contributed by atoms with E-state index in [0.29, 0.717) is 13.1 Å². The van der Waals surface area contributed by atoms with Gasteiger partial charge in [0, 0.05) is 12.5 Å². The van der Waals surface area contributed by atoms with Gasteiger partial charge in [-0.15, -0.1) is 11.3 Å². The van der Waals surface area contributed by atoms with Gasteiger partial charge < -0.3 is 14.7 Å². The second-order valence-corrected chi connectivity index (χ2v) is 8.37. The molecule has 0 aliphatic carbocycles. The van der Waals surface area contributed by atoms with Gasteiger partial charge in [-0.3, -0.25) is 0 Å². The zero-order valence-electron chi connectivity index (χ0n) is 11.9. The van der Waals surface area contributed by atoms with Gasteiger partial charge in [-0.25, -0.2) is 4.79 Å². The molecule has 2 heterocycles. The molecule has 6 heteroatoms. The van der Waals surface area contributed by atoms with E-state index in [4.69, 9.17) is 4.74 Å². The van der Waals surface area contributed by atoms with E-state index in [1.165, 1.54) is 5.56 Å². The van der Waals surface area contributed by atoms with Crippen molar-refractivity contribution in [1.29, 1.82) is 0 Å². The van der Waals surface area contributed by atoms with Gasteiger partial charge in [0.25, 0.3) is 0 Å². The number of halogens is 1. The number of β-amino-alcohol motifs (C(OH)–C–C–N with tert-alkyl or cyclic N) is 1. The predicted octanol–water partition coefficient (Wildman–Crippen LogP) is 3.28. The Hall–Kier alpha value is -0.590. The number of rotatable bonds is 2. The Bertz CT molecular complexity index is 483. The molecule has 4 nitrogen and oxygen atoms in total. The first-order valence-electron chi connectivity index (χ1n) is 6.64. The summed E-state index contributed by atoms with van der Waals surface area (Å²) in [5.41, 5.74) is 0.682. The highest BCUT2D eigenvalue weighted by Crippen LogP contribution is 2.29. The molecule has 1 saturated heterocycles. The van der Waals surface area contributed by atoms with Crippen molar-refractivity contribution < 1.29 is 14.6 Å². The van der Waals surface area contributed by atoms with Crippen LogP contribution in [0.4, 0.5) is 4.79 Å². The number of hydrogen-bond donors (Lipinski definition) is 1. The molecule has 2 atom stereocenters. The van der Waals surface area contributed by atoms with Crippen LogP contribution in [0.1, 0.15) is 26.3 Å². The minimum absolute atomic E-state index is 0.0634. The number of aliphatic hydroxyl groups excluding tert-OH is 1. The van der Waals surface area contributed by atoms with Gasteiger partial charge in [0.15, 0.2) is 0 Å². The number of hydrogen-bond acceptors (Lipinski definition) is 4. The number of likely N-dealkylation sites (tertiary alicyclic amines) is 1. The fourth-order valence-electron chi connectivity index (χ4n) is 2.28. The van der Waals surface area contributed by atoms with Crippen molar-refractivity contribution in [2.45, 2.75) is 38.9 Å². The van der Waals surface area contributed by atoms with Gasteiger partial charge in [-0.05, 0) is 60.1 Å². The quantitative estimate of drug-likeness (QED) is 0.879. The predicted molar refractivity (Wildman–Crippen MR) is 83.0 cm³/mol. The lowest BCUT2D eigenvalue weighted by Crippen LogP contribution is -2.35. The number of carbonyl (C=O) groups excluding carboxylic acids is 1. The Morgan fingerprint density at radius 1 is 1.55 bits per heavy atom. The number of ether oxygens (including phenoxy) is 1. The first-order valence-corrected chi connectivity index (χ1v) is 8.31. The maximum Gasteiger partial charge on any atom is 0.410 e. The highest BCUT2D eigenvalue weighted by Gasteiger charge is 2.36. The molecule has 1 N–H and O–H groups in total. The van der Waals surface area contributed by atoms with Crippen LogP contribution in [0, 0.1) is 5.92 Å². The molecule has 2 rings (SSSR count). The van der Waals surface area contributed by atoms with Gasteiger partial charge in [0.1, 0.15) is 5.60 Å². The zero-order chi connectivity index (χ0) is 14.9. The van der Waals surface area contributed by atoms with E-state index in [1.807, 2.05) is 26.2 Å². The topological polar surface area (TPSA) is 49.8 Å². The molecule has 0 spiro atoms. The van der Waals surface area contributed by atoms with Gasteiger partial charge in [-0.1, -0.05) is 0 Å². The van der Waals surface area contributed by atoms with Crippen molar-refractivity contribution >= 4 is 33.4 Å². The van der Waals surface area contributed by atoms with Crippen LogP contribution in [0.3, 0.4) is 0 Å². The summed E-state index contributed by atoms with van der Waals surface area (Å²) in [6.07, 6.45) is -0.0670. The lowest BCUT2D eigenvalue weighted by molar-refractivity contribution is 0.0270. The molecular weight excluding hydrogens is 342 g/mol. The number of amides is 1. The lowest BCUT2D eigenvalue weighted by atomic mass is 9.99. The van der Waals surface area contributed by atoms with Crippen molar-refractivity contribution in [3.63, 3.8) is 0 Å². The molecule has 1 aromatic heterocycles. The molecule has 0 radical (unpaired) electrons. The molecule has 1 aliphatic heterocycles. The summed E-state index contributed by atoms with van der Waals surface area (Å²) in [4.78, 5) is 13.6. The van der Waals surface area contributed by atoms with Crippen LogP contribution < -0.4 is 0 Å². The number of carbonyl (C=O) groups is 1. The summed E-state index contributed by atoms with van der Waals surface area (Å²) >= 11 is 5.14. The Labute approximate surface area is 131 Å². The summed E-state index contributed by atoms with van der Waals surface area (Å²) in [6, 6.07) is 2.05. The monoisotopic (exact) mass is 361 g/mol. The summed E-state index contributed by atoms with van der Waals surface area (Å²) in [5, 5.41) is 12.2. The van der Waals surface area contributed by atoms with Crippen LogP contribution in [0.25, 0.3) is 0 Å². The van der Waals surface area contributed by atoms with Crippen molar-refractivity contribution in [3.8, 4) is 0 Å². The van der Waals surface area contributed by atoms with E-state index < -0.39 is 11.7 Å². The van der Waals surface area contributed by atoms with Crippen molar-refractivity contribution in [1.82, 2.24) is 4.90 Å². The maximum absolute atomic E-state index is 12.0. The average molecular weight is 362 g/mol. The summed E-state index contributed by atoms with van der Waals surface area (Å²) in [6.45, 7) is 6.42. The van der Waals surface area contributed by atoms with Crippen LogP contribution in [0.2, 0.25) is 0 Å². The first-order chi connectivity index (χ1) is 9.26. The van der Waals surface area contributed by atoms with Crippen molar-refractivity contribution in [3.05, 3.63) is 20.8 Å². The molecule has 0 saturated carbocycles. The van der Waals surface area contributed by atoms with Gasteiger partial charge in [0.05, 0.1) is 16.4 Å². The Kier molecular flexibility index (Phi) is 4.76. The minimum Gasteiger partial charge on any atom is -0.444 e. The van der Waals surface area contributed by atoms with Gasteiger partial charge in [0.2, 0.25) is 0 Å².